The second-order valence-electron chi connectivity index (χ2n) is 5.21. The summed E-state index contributed by atoms with van der Waals surface area (Å²) in [6.07, 6.45) is 3.13. The number of aromatic nitrogens is 2. The number of hydrogen-bond acceptors (Lipinski definition) is 5. The standard InChI is InChI=1S/C13H22N4O/c1-8(5-6-18)7-15-12-9(2)11(14)16-13(17-12)10-3-4-10/h8,10,18H,3-7H2,1-2H3,(H3,14,15,16,17). The summed E-state index contributed by atoms with van der Waals surface area (Å²) < 4.78 is 0. The Kier molecular flexibility index (Phi) is 4.01. The first kappa shape index (κ1) is 13.1. The van der Waals surface area contributed by atoms with E-state index >= 15 is 0 Å². The van der Waals surface area contributed by atoms with Crippen LogP contribution >= 0.6 is 0 Å². The molecule has 1 fully saturated rings. The zero-order valence-electron chi connectivity index (χ0n) is 11.1. The summed E-state index contributed by atoms with van der Waals surface area (Å²) in [6.45, 7) is 5.05. The summed E-state index contributed by atoms with van der Waals surface area (Å²) in [4.78, 5) is 8.91. The molecule has 5 nitrogen and oxygen atoms in total. The number of nitrogen functional groups attached to an aromatic ring is 1. The highest BCUT2D eigenvalue weighted by atomic mass is 16.3. The zero-order chi connectivity index (χ0) is 13.1. The van der Waals surface area contributed by atoms with Crippen LogP contribution in [0.2, 0.25) is 0 Å². The molecule has 100 valence electrons. The van der Waals surface area contributed by atoms with Crippen molar-refractivity contribution in [1.82, 2.24) is 9.97 Å². The molecular formula is C13H22N4O. The fraction of sp³-hybridized carbons (Fsp3) is 0.692. The van der Waals surface area contributed by atoms with Gasteiger partial charge >= 0.3 is 0 Å². The minimum Gasteiger partial charge on any atom is -0.396 e. The van der Waals surface area contributed by atoms with Gasteiger partial charge in [0.2, 0.25) is 0 Å². The summed E-state index contributed by atoms with van der Waals surface area (Å²) in [5.41, 5.74) is 6.83. The number of nitrogens with zero attached hydrogens (tertiary/aromatic N) is 2. The fourth-order valence-electron chi connectivity index (χ4n) is 1.84. The lowest BCUT2D eigenvalue weighted by molar-refractivity contribution is 0.266. The van der Waals surface area contributed by atoms with Gasteiger partial charge in [-0.2, -0.15) is 0 Å². The van der Waals surface area contributed by atoms with Crippen LogP contribution in [0, 0.1) is 12.8 Å². The molecule has 4 N–H and O–H groups in total. The summed E-state index contributed by atoms with van der Waals surface area (Å²) >= 11 is 0. The molecule has 0 saturated heterocycles. The van der Waals surface area contributed by atoms with Crippen LogP contribution in [0.25, 0.3) is 0 Å². The second-order valence-corrected chi connectivity index (χ2v) is 5.21. The van der Waals surface area contributed by atoms with Gasteiger partial charge in [-0.25, -0.2) is 9.97 Å². The van der Waals surface area contributed by atoms with Crippen molar-refractivity contribution in [3.63, 3.8) is 0 Å². The highest BCUT2D eigenvalue weighted by molar-refractivity contribution is 5.55. The zero-order valence-corrected chi connectivity index (χ0v) is 11.1. The van der Waals surface area contributed by atoms with Crippen molar-refractivity contribution in [2.24, 2.45) is 5.92 Å². The predicted octanol–water partition coefficient (Wildman–Crippen LogP) is 1.68. The fourth-order valence-corrected chi connectivity index (χ4v) is 1.84. The molecular weight excluding hydrogens is 228 g/mol. The molecule has 1 aromatic rings. The minimum atomic E-state index is 0.223. The van der Waals surface area contributed by atoms with Gasteiger partial charge in [0.15, 0.2) is 0 Å². The summed E-state index contributed by atoms with van der Waals surface area (Å²) in [6, 6.07) is 0. The number of rotatable bonds is 6. The maximum absolute atomic E-state index is 8.88. The molecule has 0 amide bonds. The molecule has 5 heteroatoms. The maximum atomic E-state index is 8.88. The van der Waals surface area contributed by atoms with Gasteiger partial charge in [-0.3, -0.25) is 0 Å². The summed E-state index contributed by atoms with van der Waals surface area (Å²) in [7, 11) is 0. The van der Waals surface area contributed by atoms with Gasteiger partial charge in [0, 0.05) is 24.6 Å². The molecule has 1 atom stereocenters. The number of aliphatic hydroxyl groups excluding tert-OH is 1. The van der Waals surface area contributed by atoms with Gasteiger partial charge in [0.25, 0.3) is 0 Å². The molecule has 0 radical (unpaired) electrons. The summed E-state index contributed by atoms with van der Waals surface area (Å²) in [5, 5.41) is 12.2. The number of anilines is 2. The van der Waals surface area contributed by atoms with E-state index in [1.165, 1.54) is 12.8 Å². The van der Waals surface area contributed by atoms with Crippen molar-refractivity contribution >= 4 is 11.6 Å². The van der Waals surface area contributed by atoms with E-state index in [-0.39, 0.29) is 6.61 Å². The van der Waals surface area contributed by atoms with E-state index in [4.69, 9.17) is 10.8 Å². The smallest absolute Gasteiger partial charge is 0.136 e. The van der Waals surface area contributed by atoms with E-state index in [9.17, 15) is 0 Å². The van der Waals surface area contributed by atoms with Crippen molar-refractivity contribution in [3.05, 3.63) is 11.4 Å². The second kappa shape index (κ2) is 5.52. The average Bonchev–Trinajstić information content (AvgIpc) is 3.15. The Balaban J connectivity index is 2.06. The van der Waals surface area contributed by atoms with Crippen LogP contribution in [0.15, 0.2) is 0 Å². The van der Waals surface area contributed by atoms with Crippen molar-refractivity contribution in [3.8, 4) is 0 Å². The predicted molar refractivity (Wildman–Crippen MR) is 72.5 cm³/mol. The Morgan fingerprint density at radius 3 is 2.78 bits per heavy atom. The third-order valence-corrected chi connectivity index (χ3v) is 3.38. The monoisotopic (exact) mass is 250 g/mol. The molecule has 1 unspecified atom stereocenters. The van der Waals surface area contributed by atoms with Crippen molar-refractivity contribution in [2.45, 2.75) is 39.0 Å². The van der Waals surface area contributed by atoms with E-state index in [2.05, 4.69) is 22.2 Å². The van der Waals surface area contributed by atoms with E-state index in [1.807, 2.05) is 6.92 Å². The lowest BCUT2D eigenvalue weighted by Gasteiger charge is -2.15. The van der Waals surface area contributed by atoms with Crippen molar-refractivity contribution in [2.75, 3.05) is 24.2 Å². The van der Waals surface area contributed by atoms with Crippen LogP contribution in [0.3, 0.4) is 0 Å². The molecule has 1 aliphatic rings. The molecule has 1 aromatic heterocycles. The van der Waals surface area contributed by atoms with Crippen molar-refractivity contribution < 1.29 is 5.11 Å². The highest BCUT2D eigenvalue weighted by Gasteiger charge is 2.27. The van der Waals surface area contributed by atoms with E-state index in [0.29, 0.717) is 17.7 Å². The van der Waals surface area contributed by atoms with Gasteiger partial charge in [-0.05, 0) is 32.1 Å². The van der Waals surface area contributed by atoms with Crippen LogP contribution in [-0.4, -0.2) is 28.2 Å². The minimum absolute atomic E-state index is 0.223. The number of nitrogens with two attached hydrogens (primary N) is 1. The SMILES string of the molecule is Cc1c(N)nc(C2CC2)nc1NCC(C)CCO. The molecule has 0 aliphatic heterocycles. The average molecular weight is 250 g/mol. The highest BCUT2D eigenvalue weighted by Crippen LogP contribution is 2.39. The van der Waals surface area contributed by atoms with Crippen LogP contribution < -0.4 is 11.1 Å². The quantitative estimate of drug-likeness (QED) is 0.715. The van der Waals surface area contributed by atoms with Gasteiger partial charge in [-0.15, -0.1) is 0 Å². The first-order valence-corrected chi connectivity index (χ1v) is 6.60. The summed E-state index contributed by atoms with van der Waals surface area (Å²) in [5.74, 6) is 3.20. The molecule has 1 aliphatic carbocycles. The van der Waals surface area contributed by atoms with E-state index in [1.54, 1.807) is 0 Å². The van der Waals surface area contributed by atoms with Gasteiger partial charge in [0.05, 0.1) is 0 Å². The molecule has 1 saturated carbocycles. The van der Waals surface area contributed by atoms with Gasteiger partial charge in [-0.1, -0.05) is 6.92 Å². The molecule has 1 heterocycles. The Morgan fingerprint density at radius 2 is 2.17 bits per heavy atom. The van der Waals surface area contributed by atoms with Crippen molar-refractivity contribution in [1.29, 1.82) is 0 Å². The van der Waals surface area contributed by atoms with Crippen LogP contribution in [-0.2, 0) is 0 Å². The Hall–Kier alpha value is -1.36. The number of nitrogens with one attached hydrogen (secondary N) is 1. The third kappa shape index (κ3) is 3.10. The molecule has 0 aromatic carbocycles. The molecule has 2 rings (SSSR count). The molecule has 0 spiro atoms. The molecule has 0 bridgehead atoms. The van der Waals surface area contributed by atoms with E-state index < -0.39 is 0 Å². The first-order valence-electron chi connectivity index (χ1n) is 6.60. The van der Waals surface area contributed by atoms with Crippen LogP contribution in [0.4, 0.5) is 11.6 Å². The van der Waals surface area contributed by atoms with Crippen LogP contribution in [0.1, 0.15) is 43.5 Å². The van der Waals surface area contributed by atoms with Gasteiger partial charge in [0.1, 0.15) is 17.5 Å². The Morgan fingerprint density at radius 1 is 1.44 bits per heavy atom. The third-order valence-electron chi connectivity index (χ3n) is 3.38. The van der Waals surface area contributed by atoms with Crippen LogP contribution in [0.5, 0.6) is 0 Å². The number of hydrogen-bond donors (Lipinski definition) is 3. The first-order chi connectivity index (χ1) is 8.61. The Bertz CT molecular complexity index is 418. The van der Waals surface area contributed by atoms with E-state index in [0.717, 1.165) is 30.2 Å². The maximum Gasteiger partial charge on any atom is 0.136 e. The topological polar surface area (TPSA) is 84.1 Å². The largest absolute Gasteiger partial charge is 0.396 e. The normalized spacial score (nSPS) is 16.6. The lowest BCUT2D eigenvalue weighted by Crippen LogP contribution is -2.16. The Labute approximate surface area is 108 Å². The molecule has 18 heavy (non-hydrogen) atoms. The van der Waals surface area contributed by atoms with Gasteiger partial charge < -0.3 is 16.2 Å². The lowest BCUT2D eigenvalue weighted by atomic mass is 10.1. The number of aliphatic hydroxyl groups is 1.